The lowest BCUT2D eigenvalue weighted by molar-refractivity contribution is -0.123. The summed E-state index contributed by atoms with van der Waals surface area (Å²) >= 11 is 1.73. The first-order chi connectivity index (χ1) is 9.72. The molecule has 1 amide bonds. The zero-order valence-electron chi connectivity index (χ0n) is 12.0. The molecule has 3 nitrogen and oxygen atoms in total. The molecule has 20 heavy (non-hydrogen) atoms. The fourth-order valence-electron chi connectivity index (χ4n) is 2.90. The van der Waals surface area contributed by atoms with Gasteiger partial charge in [-0.05, 0) is 36.8 Å². The van der Waals surface area contributed by atoms with Crippen molar-refractivity contribution in [2.75, 3.05) is 12.0 Å². The third-order valence-corrected chi connectivity index (χ3v) is 4.69. The van der Waals surface area contributed by atoms with E-state index in [1.165, 1.54) is 12.0 Å². The van der Waals surface area contributed by atoms with Crippen molar-refractivity contribution in [1.82, 2.24) is 5.32 Å². The Balaban J connectivity index is 1.93. The highest BCUT2D eigenvalue weighted by molar-refractivity contribution is 7.98. The lowest BCUT2D eigenvalue weighted by Gasteiger charge is -2.23. The second-order valence-electron chi connectivity index (χ2n) is 5.45. The number of hydrogen-bond donors (Lipinski definition) is 2. The van der Waals surface area contributed by atoms with Crippen molar-refractivity contribution >= 4 is 17.7 Å². The Morgan fingerprint density at radius 1 is 1.40 bits per heavy atom. The maximum Gasteiger partial charge on any atom is 0.237 e. The van der Waals surface area contributed by atoms with E-state index in [2.05, 4.69) is 29.6 Å². The number of hydrogen-bond acceptors (Lipinski definition) is 3. The number of carbonyl (C=O) groups is 1. The number of nitrogens with one attached hydrogen (secondary N) is 1. The van der Waals surface area contributed by atoms with Crippen LogP contribution in [0.25, 0.3) is 0 Å². The molecule has 0 aromatic heterocycles. The molecule has 1 saturated carbocycles. The molecular weight excluding hydrogens is 268 g/mol. The van der Waals surface area contributed by atoms with Gasteiger partial charge in [0.1, 0.15) is 0 Å². The predicted molar refractivity (Wildman–Crippen MR) is 85.9 cm³/mol. The average molecular weight is 292 g/mol. The fourth-order valence-corrected chi connectivity index (χ4v) is 3.39. The highest BCUT2D eigenvalue weighted by atomic mass is 32.2. The molecule has 0 aliphatic heterocycles. The highest BCUT2D eigenvalue weighted by Gasteiger charge is 2.30. The quantitative estimate of drug-likeness (QED) is 0.847. The molecular formula is C16H24N2OS. The van der Waals surface area contributed by atoms with Crippen LogP contribution in [0.5, 0.6) is 0 Å². The zero-order valence-corrected chi connectivity index (χ0v) is 12.9. The minimum absolute atomic E-state index is 0.00637. The van der Waals surface area contributed by atoms with Gasteiger partial charge < -0.3 is 11.1 Å². The van der Waals surface area contributed by atoms with Crippen molar-refractivity contribution < 1.29 is 4.79 Å². The van der Waals surface area contributed by atoms with Crippen molar-refractivity contribution in [3.05, 3.63) is 35.9 Å². The molecule has 110 valence electrons. The van der Waals surface area contributed by atoms with Gasteiger partial charge in [0.25, 0.3) is 0 Å². The Kier molecular flexibility index (Phi) is 5.92. The van der Waals surface area contributed by atoms with Gasteiger partial charge in [0, 0.05) is 12.0 Å². The number of thioether (sulfide) groups is 1. The summed E-state index contributed by atoms with van der Waals surface area (Å²) in [5.41, 5.74) is 7.27. The Morgan fingerprint density at radius 3 is 2.85 bits per heavy atom. The van der Waals surface area contributed by atoms with Gasteiger partial charge >= 0.3 is 0 Å². The lowest BCUT2D eigenvalue weighted by Crippen LogP contribution is -2.46. The molecule has 1 aromatic rings. The second kappa shape index (κ2) is 7.70. The normalized spacial score (nSPS) is 23.5. The smallest absolute Gasteiger partial charge is 0.237 e. The molecule has 1 fully saturated rings. The van der Waals surface area contributed by atoms with Crippen molar-refractivity contribution in [2.24, 2.45) is 5.73 Å². The van der Waals surface area contributed by atoms with Gasteiger partial charge in [-0.2, -0.15) is 11.8 Å². The summed E-state index contributed by atoms with van der Waals surface area (Å²) in [5, 5.41) is 3.16. The van der Waals surface area contributed by atoms with Gasteiger partial charge in [-0.15, -0.1) is 0 Å². The summed E-state index contributed by atoms with van der Waals surface area (Å²) in [5.74, 6) is 1.38. The summed E-state index contributed by atoms with van der Waals surface area (Å²) in [6.45, 7) is 0. The summed E-state index contributed by atoms with van der Waals surface area (Å²) in [4.78, 5) is 12.1. The maximum atomic E-state index is 12.1. The number of rotatable bonds is 6. The molecule has 3 atom stereocenters. The van der Waals surface area contributed by atoms with E-state index in [1.54, 1.807) is 11.8 Å². The Morgan fingerprint density at radius 2 is 2.15 bits per heavy atom. The highest BCUT2D eigenvalue weighted by Crippen LogP contribution is 2.34. The molecule has 1 aromatic carbocycles. The number of nitrogens with two attached hydrogens (primary N) is 1. The molecule has 1 aliphatic rings. The van der Waals surface area contributed by atoms with Crippen LogP contribution in [0.15, 0.2) is 30.3 Å². The van der Waals surface area contributed by atoms with Crippen molar-refractivity contribution in [3.63, 3.8) is 0 Å². The number of benzene rings is 1. The summed E-state index contributed by atoms with van der Waals surface area (Å²) in [7, 11) is 0. The van der Waals surface area contributed by atoms with Crippen LogP contribution in [0.2, 0.25) is 0 Å². The molecule has 0 heterocycles. The van der Waals surface area contributed by atoms with Crippen molar-refractivity contribution in [2.45, 2.75) is 43.7 Å². The summed E-state index contributed by atoms with van der Waals surface area (Å²) in [6, 6.07) is 10.3. The molecule has 3 N–H and O–H groups in total. The minimum atomic E-state index is -0.375. The molecule has 0 spiro atoms. The lowest BCUT2D eigenvalue weighted by atomic mass is 9.94. The van der Waals surface area contributed by atoms with Crippen LogP contribution in [-0.4, -0.2) is 30.0 Å². The van der Waals surface area contributed by atoms with Gasteiger partial charge in [-0.3, -0.25) is 4.79 Å². The SMILES string of the molecule is CSCC[C@H](N)C(=O)NC1CCCC1c1ccccc1. The fraction of sp³-hybridized carbons (Fsp3) is 0.562. The van der Waals surface area contributed by atoms with E-state index in [1.807, 2.05) is 12.3 Å². The van der Waals surface area contributed by atoms with Crippen LogP contribution in [0.3, 0.4) is 0 Å². The van der Waals surface area contributed by atoms with Crippen LogP contribution in [0, 0.1) is 0 Å². The van der Waals surface area contributed by atoms with Gasteiger partial charge in [0.05, 0.1) is 6.04 Å². The van der Waals surface area contributed by atoms with E-state index in [-0.39, 0.29) is 18.0 Å². The van der Waals surface area contributed by atoms with Crippen LogP contribution in [0.4, 0.5) is 0 Å². The van der Waals surface area contributed by atoms with Gasteiger partial charge in [0.15, 0.2) is 0 Å². The Labute approximate surface area is 125 Å². The minimum Gasteiger partial charge on any atom is -0.351 e. The summed E-state index contributed by atoms with van der Waals surface area (Å²) < 4.78 is 0. The van der Waals surface area contributed by atoms with E-state index in [9.17, 15) is 4.79 Å². The van der Waals surface area contributed by atoms with Crippen molar-refractivity contribution in [3.8, 4) is 0 Å². The third kappa shape index (κ3) is 4.00. The zero-order chi connectivity index (χ0) is 14.4. The largest absolute Gasteiger partial charge is 0.351 e. The monoisotopic (exact) mass is 292 g/mol. The van der Waals surface area contributed by atoms with Gasteiger partial charge in [-0.1, -0.05) is 36.8 Å². The first kappa shape index (κ1) is 15.4. The van der Waals surface area contributed by atoms with Gasteiger partial charge in [-0.25, -0.2) is 0 Å². The first-order valence-corrected chi connectivity index (χ1v) is 8.71. The molecule has 0 radical (unpaired) electrons. The molecule has 2 rings (SSSR count). The van der Waals surface area contributed by atoms with Crippen LogP contribution in [-0.2, 0) is 4.79 Å². The standard InChI is InChI=1S/C16H24N2OS/c1-20-11-10-14(17)16(19)18-15-9-5-8-13(15)12-6-3-2-4-7-12/h2-4,6-7,13-15H,5,8-11,17H2,1H3,(H,18,19)/t13?,14-,15?/m0/s1. The number of carbonyl (C=O) groups excluding carboxylic acids is 1. The van der Waals surface area contributed by atoms with E-state index >= 15 is 0 Å². The van der Waals surface area contributed by atoms with E-state index in [0.29, 0.717) is 5.92 Å². The molecule has 2 unspecified atom stereocenters. The summed E-state index contributed by atoms with van der Waals surface area (Å²) in [6.07, 6.45) is 6.16. The van der Waals surface area contributed by atoms with Crippen LogP contribution >= 0.6 is 11.8 Å². The average Bonchev–Trinajstić information content (AvgIpc) is 2.93. The topological polar surface area (TPSA) is 55.1 Å². The van der Waals surface area contributed by atoms with E-state index in [4.69, 9.17) is 5.73 Å². The second-order valence-corrected chi connectivity index (χ2v) is 6.44. The van der Waals surface area contributed by atoms with Crippen LogP contribution < -0.4 is 11.1 Å². The third-order valence-electron chi connectivity index (χ3n) is 4.04. The van der Waals surface area contributed by atoms with E-state index < -0.39 is 0 Å². The molecule has 4 heteroatoms. The number of amides is 1. The predicted octanol–water partition coefficient (Wildman–Crippen LogP) is 2.52. The molecule has 1 aliphatic carbocycles. The molecule has 0 saturated heterocycles. The molecule has 0 bridgehead atoms. The maximum absolute atomic E-state index is 12.1. The Hall–Kier alpha value is -1.00. The van der Waals surface area contributed by atoms with E-state index in [0.717, 1.165) is 25.0 Å². The Bertz CT molecular complexity index is 424. The first-order valence-electron chi connectivity index (χ1n) is 7.32. The van der Waals surface area contributed by atoms with Crippen molar-refractivity contribution in [1.29, 1.82) is 0 Å². The van der Waals surface area contributed by atoms with Crippen LogP contribution in [0.1, 0.15) is 37.2 Å². The van der Waals surface area contributed by atoms with Gasteiger partial charge in [0.2, 0.25) is 5.91 Å².